The molecule has 0 aliphatic carbocycles. The minimum Gasteiger partial charge on any atom is -0.312 e. The molecule has 0 radical (unpaired) electrons. The molecule has 2 nitrogen and oxygen atoms in total. The summed E-state index contributed by atoms with van der Waals surface area (Å²) in [7, 11) is 2.01. The van der Waals surface area contributed by atoms with Crippen molar-refractivity contribution in [2.24, 2.45) is 0 Å². The summed E-state index contributed by atoms with van der Waals surface area (Å²) in [6, 6.07) is 12.9. The molecule has 1 atom stereocenters. The van der Waals surface area contributed by atoms with Crippen molar-refractivity contribution in [1.82, 2.24) is 10.3 Å². The normalized spacial score (nSPS) is 12.9. The SMILES string of the molecule is CNC(Cc1nc2ccccc2s1)c1ccc(Br)s1. The van der Waals surface area contributed by atoms with Crippen molar-refractivity contribution in [3.05, 3.63) is 50.1 Å². The molecule has 1 aromatic carbocycles. The Morgan fingerprint density at radius 1 is 1.21 bits per heavy atom. The molecule has 1 N–H and O–H groups in total. The number of nitrogens with one attached hydrogen (secondary N) is 1. The van der Waals surface area contributed by atoms with Gasteiger partial charge in [0.2, 0.25) is 0 Å². The van der Waals surface area contributed by atoms with Gasteiger partial charge in [-0.1, -0.05) is 12.1 Å². The number of fused-ring (bicyclic) bond motifs is 1. The summed E-state index contributed by atoms with van der Waals surface area (Å²) >= 11 is 7.08. The van der Waals surface area contributed by atoms with E-state index < -0.39 is 0 Å². The number of para-hydroxylation sites is 1. The molecule has 3 aromatic rings. The molecule has 2 heterocycles. The first-order valence-corrected chi connectivity index (χ1v) is 8.46. The highest BCUT2D eigenvalue weighted by Crippen LogP contribution is 2.31. The molecular formula is C14H13BrN2S2. The van der Waals surface area contributed by atoms with Crippen LogP contribution in [0.3, 0.4) is 0 Å². The lowest BCUT2D eigenvalue weighted by Crippen LogP contribution is -2.17. The molecule has 5 heteroatoms. The molecule has 98 valence electrons. The van der Waals surface area contributed by atoms with Crippen LogP contribution in [0.5, 0.6) is 0 Å². The van der Waals surface area contributed by atoms with E-state index in [0.29, 0.717) is 6.04 Å². The molecule has 2 aromatic heterocycles. The fourth-order valence-corrected chi connectivity index (χ4v) is 4.59. The second kappa shape index (κ2) is 5.71. The number of rotatable bonds is 4. The van der Waals surface area contributed by atoms with Gasteiger partial charge in [-0.2, -0.15) is 0 Å². The van der Waals surface area contributed by atoms with Crippen LogP contribution in [-0.2, 0) is 6.42 Å². The van der Waals surface area contributed by atoms with Gasteiger partial charge in [0.1, 0.15) is 0 Å². The van der Waals surface area contributed by atoms with Gasteiger partial charge in [-0.05, 0) is 47.2 Å². The number of thiophene rings is 1. The van der Waals surface area contributed by atoms with Crippen LogP contribution in [0.4, 0.5) is 0 Å². The molecule has 0 saturated heterocycles. The largest absolute Gasteiger partial charge is 0.312 e. The third-order valence-corrected chi connectivity index (χ3v) is 5.80. The Kier molecular flexibility index (Phi) is 3.98. The number of hydrogen-bond donors (Lipinski definition) is 1. The van der Waals surface area contributed by atoms with Gasteiger partial charge < -0.3 is 5.32 Å². The highest BCUT2D eigenvalue weighted by molar-refractivity contribution is 9.11. The van der Waals surface area contributed by atoms with Gasteiger partial charge in [0, 0.05) is 17.3 Å². The predicted octanol–water partition coefficient (Wildman–Crippen LogP) is 4.62. The van der Waals surface area contributed by atoms with Gasteiger partial charge in [-0.25, -0.2) is 4.98 Å². The van der Waals surface area contributed by atoms with Crippen LogP contribution in [0.15, 0.2) is 40.2 Å². The molecule has 0 aliphatic rings. The molecule has 0 amide bonds. The van der Waals surface area contributed by atoms with Crippen LogP contribution in [0, 0.1) is 0 Å². The number of likely N-dealkylation sites (N-methyl/N-ethyl adjacent to an activating group) is 1. The number of halogens is 1. The van der Waals surface area contributed by atoms with E-state index in [1.165, 1.54) is 18.4 Å². The topological polar surface area (TPSA) is 24.9 Å². The first-order chi connectivity index (χ1) is 9.26. The zero-order valence-electron chi connectivity index (χ0n) is 10.4. The van der Waals surface area contributed by atoms with Gasteiger partial charge in [-0.15, -0.1) is 22.7 Å². The molecule has 0 bridgehead atoms. The van der Waals surface area contributed by atoms with Gasteiger partial charge >= 0.3 is 0 Å². The standard InChI is InChI=1S/C14H13BrN2S2/c1-16-10(12-6-7-13(15)18-12)8-14-17-9-4-2-3-5-11(9)19-14/h2-7,10,16H,8H2,1H3. The van der Waals surface area contributed by atoms with Crippen molar-refractivity contribution < 1.29 is 0 Å². The Hall–Kier alpha value is -0.750. The van der Waals surface area contributed by atoms with Crippen LogP contribution in [0.2, 0.25) is 0 Å². The van der Waals surface area contributed by atoms with Crippen molar-refractivity contribution in [1.29, 1.82) is 0 Å². The number of thiazole rings is 1. The van der Waals surface area contributed by atoms with Crippen molar-refractivity contribution in [2.45, 2.75) is 12.5 Å². The molecule has 0 fully saturated rings. The first kappa shape index (κ1) is 13.2. The maximum atomic E-state index is 4.70. The minimum absolute atomic E-state index is 0.330. The van der Waals surface area contributed by atoms with E-state index >= 15 is 0 Å². The highest BCUT2D eigenvalue weighted by atomic mass is 79.9. The lowest BCUT2D eigenvalue weighted by atomic mass is 10.2. The summed E-state index contributed by atoms with van der Waals surface area (Å²) in [6.07, 6.45) is 0.933. The summed E-state index contributed by atoms with van der Waals surface area (Å²) < 4.78 is 2.44. The van der Waals surface area contributed by atoms with Crippen LogP contribution in [0.1, 0.15) is 15.9 Å². The number of hydrogen-bond acceptors (Lipinski definition) is 4. The second-order valence-corrected chi connectivity index (χ2v) is 7.87. The van der Waals surface area contributed by atoms with Crippen molar-refractivity contribution in [3.8, 4) is 0 Å². The second-order valence-electron chi connectivity index (χ2n) is 4.26. The fraction of sp³-hybridized carbons (Fsp3) is 0.214. The van der Waals surface area contributed by atoms with E-state index in [9.17, 15) is 0 Å². The van der Waals surface area contributed by atoms with Crippen LogP contribution in [-0.4, -0.2) is 12.0 Å². The van der Waals surface area contributed by atoms with Crippen LogP contribution in [0.25, 0.3) is 10.2 Å². The summed E-state index contributed by atoms with van der Waals surface area (Å²) in [4.78, 5) is 6.05. The average molecular weight is 353 g/mol. The Labute approximate surface area is 128 Å². The zero-order chi connectivity index (χ0) is 13.2. The number of benzene rings is 1. The van der Waals surface area contributed by atoms with E-state index in [0.717, 1.165) is 11.9 Å². The van der Waals surface area contributed by atoms with E-state index in [1.54, 1.807) is 22.7 Å². The molecule has 0 saturated carbocycles. The Morgan fingerprint density at radius 2 is 2.05 bits per heavy atom. The smallest absolute Gasteiger partial charge is 0.0957 e. The maximum absolute atomic E-state index is 4.70. The summed E-state index contributed by atoms with van der Waals surface area (Å²) in [6.45, 7) is 0. The predicted molar refractivity (Wildman–Crippen MR) is 87.1 cm³/mol. The third-order valence-electron chi connectivity index (χ3n) is 3.00. The fourth-order valence-electron chi connectivity index (χ4n) is 2.04. The molecule has 0 spiro atoms. The Balaban J connectivity index is 1.86. The van der Waals surface area contributed by atoms with Crippen LogP contribution >= 0.6 is 38.6 Å². The van der Waals surface area contributed by atoms with E-state index in [4.69, 9.17) is 4.98 Å². The lowest BCUT2D eigenvalue weighted by molar-refractivity contribution is 0.601. The van der Waals surface area contributed by atoms with E-state index in [1.807, 2.05) is 13.1 Å². The van der Waals surface area contributed by atoms with Gasteiger partial charge in [0.15, 0.2) is 0 Å². The zero-order valence-corrected chi connectivity index (χ0v) is 13.6. The number of nitrogens with zero attached hydrogens (tertiary/aromatic N) is 1. The maximum Gasteiger partial charge on any atom is 0.0957 e. The van der Waals surface area contributed by atoms with Gasteiger partial charge in [0.25, 0.3) is 0 Å². The Bertz CT molecular complexity index is 656. The monoisotopic (exact) mass is 352 g/mol. The minimum atomic E-state index is 0.330. The highest BCUT2D eigenvalue weighted by Gasteiger charge is 2.15. The summed E-state index contributed by atoms with van der Waals surface area (Å²) in [5.74, 6) is 0. The van der Waals surface area contributed by atoms with Crippen molar-refractivity contribution in [3.63, 3.8) is 0 Å². The van der Waals surface area contributed by atoms with Crippen LogP contribution < -0.4 is 5.32 Å². The average Bonchev–Trinajstić information content (AvgIpc) is 3.01. The van der Waals surface area contributed by atoms with E-state index in [-0.39, 0.29) is 0 Å². The molecule has 0 aliphatic heterocycles. The quantitative estimate of drug-likeness (QED) is 0.740. The lowest BCUT2D eigenvalue weighted by Gasteiger charge is -2.12. The summed E-state index contributed by atoms with van der Waals surface area (Å²) in [5, 5.41) is 4.57. The van der Waals surface area contributed by atoms with Gasteiger partial charge in [-0.3, -0.25) is 0 Å². The number of aromatic nitrogens is 1. The molecule has 1 unspecified atom stereocenters. The Morgan fingerprint density at radius 3 is 2.74 bits per heavy atom. The van der Waals surface area contributed by atoms with Gasteiger partial charge in [0.05, 0.1) is 19.0 Å². The molecule has 19 heavy (non-hydrogen) atoms. The third kappa shape index (κ3) is 2.89. The molecular weight excluding hydrogens is 340 g/mol. The van der Waals surface area contributed by atoms with E-state index in [2.05, 4.69) is 51.6 Å². The van der Waals surface area contributed by atoms with Crippen molar-refractivity contribution in [2.75, 3.05) is 7.05 Å². The molecule has 3 rings (SSSR count). The first-order valence-electron chi connectivity index (χ1n) is 6.03. The van der Waals surface area contributed by atoms with Crippen molar-refractivity contribution >= 4 is 48.8 Å². The summed E-state index contributed by atoms with van der Waals surface area (Å²) in [5.41, 5.74) is 1.10.